The molecule has 148 valence electrons. The lowest BCUT2D eigenvalue weighted by atomic mass is 10.0. The lowest BCUT2D eigenvalue weighted by Gasteiger charge is -2.09. The summed E-state index contributed by atoms with van der Waals surface area (Å²) in [7, 11) is 0. The molecule has 2 aromatic carbocycles. The fourth-order valence-electron chi connectivity index (χ4n) is 2.84. The van der Waals surface area contributed by atoms with Gasteiger partial charge in [0.1, 0.15) is 17.2 Å². The van der Waals surface area contributed by atoms with Crippen molar-refractivity contribution in [3.05, 3.63) is 85.1 Å². The molecule has 2 heterocycles. The van der Waals surface area contributed by atoms with Crippen LogP contribution >= 0.6 is 11.8 Å². The number of carbonyl (C=O) groups is 1. The van der Waals surface area contributed by atoms with Gasteiger partial charge in [0, 0.05) is 29.5 Å². The number of hydrogen-bond acceptors (Lipinski definition) is 6. The first kappa shape index (κ1) is 19.7. The molecule has 2 aromatic heterocycles. The zero-order valence-corrected chi connectivity index (χ0v) is 16.9. The summed E-state index contributed by atoms with van der Waals surface area (Å²) < 4.78 is 0. The Morgan fingerprint density at radius 3 is 2.13 bits per heavy atom. The molecule has 0 unspecified atom stereocenters. The van der Waals surface area contributed by atoms with E-state index < -0.39 is 0 Å². The average Bonchev–Trinajstić information content (AvgIpc) is 2.81. The van der Waals surface area contributed by atoms with E-state index in [1.54, 1.807) is 18.3 Å². The highest BCUT2D eigenvalue weighted by Crippen LogP contribution is 2.29. The predicted octanol–water partition coefficient (Wildman–Crippen LogP) is 4.72. The molecule has 30 heavy (non-hydrogen) atoms. The minimum atomic E-state index is -0.0988. The smallest absolute Gasteiger partial charge is 0.226 e. The van der Waals surface area contributed by atoms with Gasteiger partial charge in [0.2, 0.25) is 11.1 Å². The van der Waals surface area contributed by atoms with E-state index in [2.05, 4.69) is 20.5 Å². The third-order valence-electron chi connectivity index (χ3n) is 4.25. The van der Waals surface area contributed by atoms with Gasteiger partial charge in [-0.1, -0.05) is 78.5 Å². The van der Waals surface area contributed by atoms with Crippen molar-refractivity contribution >= 4 is 23.5 Å². The van der Waals surface area contributed by atoms with E-state index in [0.29, 0.717) is 23.1 Å². The first-order valence-corrected chi connectivity index (χ1v) is 10.5. The molecule has 0 bridgehead atoms. The van der Waals surface area contributed by atoms with Gasteiger partial charge in [0.15, 0.2) is 0 Å². The van der Waals surface area contributed by atoms with Crippen molar-refractivity contribution in [3.8, 4) is 22.5 Å². The van der Waals surface area contributed by atoms with Gasteiger partial charge < -0.3 is 5.32 Å². The summed E-state index contributed by atoms with van der Waals surface area (Å²) in [4.78, 5) is 20.9. The molecule has 6 nitrogen and oxygen atoms in total. The summed E-state index contributed by atoms with van der Waals surface area (Å²) >= 11 is 1.41. The quantitative estimate of drug-likeness (QED) is 0.442. The van der Waals surface area contributed by atoms with E-state index in [1.807, 2.05) is 66.7 Å². The molecule has 0 atom stereocenters. The van der Waals surface area contributed by atoms with Gasteiger partial charge >= 0.3 is 0 Å². The zero-order valence-electron chi connectivity index (χ0n) is 16.1. The van der Waals surface area contributed by atoms with E-state index in [4.69, 9.17) is 4.98 Å². The molecule has 1 N–H and O–H groups in total. The topological polar surface area (TPSA) is 80.7 Å². The summed E-state index contributed by atoms with van der Waals surface area (Å²) in [5.41, 5.74) is 3.44. The maximum absolute atomic E-state index is 12.1. The van der Waals surface area contributed by atoms with Crippen LogP contribution in [-0.4, -0.2) is 31.8 Å². The minimum Gasteiger partial charge on any atom is -0.311 e. The molecule has 0 radical (unpaired) electrons. The van der Waals surface area contributed by atoms with E-state index in [0.717, 1.165) is 22.5 Å². The van der Waals surface area contributed by atoms with Crippen molar-refractivity contribution in [2.45, 2.75) is 11.6 Å². The van der Waals surface area contributed by atoms with Crippen LogP contribution in [0.4, 0.5) is 5.82 Å². The number of hydrogen-bond donors (Lipinski definition) is 1. The molecule has 0 aliphatic carbocycles. The second kappa shape index (κ2) is 9.76. The highest BCUT2D eigenvalue weighted by Gasteiger charge is 2.14. The second-order valence-electron chi connectivity index (χ2n) is 6.39. The van der Waals surface area contributed by atoms with E-state index in [-0.39, 0.29) is 5.91 Å². The number of pyridine rings is 1. The number of carbonyl (C=O) groups excluding carboxylic acids is 1. The molecular formula is C23H19N5OS. The van der Waals surface area contributed by atoms with Gasteiger partial charge in [-0.2, -0.15) is 0 Å². The van der Waals surface area contributed by atoms with Gasteiger partial charge in [-0.05, 0) is 12.1 Å². The van der Waals surface area contributed by atoms with Gasteiger partial charge in [0.05, 0.1) is 0 Å². The molecule has 0 aliphatic heterocycles. The van der Waals surface area contributed by atoms with Crippen molar-refractivity contribution in [3.63, 3.8) is 0 Å². The Labute approximate surface area is 178 Å². The van der Waals surface area contributed by atoms with E-state index in [9.17, 15) is 4.79 Å². The molecule has 0 saturated carbocycles. The molecule has 1 amide bonds. The van der Waals surface area contributed by atoms with Crippen LogP contribution in [0.1, 0.15) is 6.42 Å². The summed E-state index contributed by atoms with van der Waals surface area (Å²) in [5, 5.41) is 12.0. The Morgan fingerprint density at radius 1 is 0.800 bits per heavy atom. The van der Waals surface area contributed by atoms with Crippen LogP contribution in [0.3, 0.4) is 0 Å². The molecule has 4 aromatic rings. The Hall–Kier alpha value is -3.58. The number of benzene rings is 2. The van der Waals surface area contributed by atoms with Gasteiger partial charge in [-0.15, -0.1) is 10.2 Å². The van der Waals surface area contributed by atoms with Crippen molar-refractivity contribution < 1.29 is 4.79 Å². The maximum Gasteiger partial charge on any atom is 0.226 e. The third kappa shape index (κ3) is 5.07. The van der Waals surface area contributed by atoms with Crippen LogP contribution in [0.25, 0.3) is 22.5 Å². The standard InChI is InChI=1S/C23H19N5OS/c29-20(25-19-13-7-8-15-24-19)14-16-30-23-26-21(17-9-3-1-4-10-17)22(27-28-23)18-11-5-2-6-12-18/h1-13,15H,14,16H2,(H,24,25,29). The molecule has 0 fully saturated rings. The number of thioether (sulfide) groups is 1. The summed E-state index contributed by atoms with van der Waals surface area (Å²) in [6.45, 7) is 0. The van der Waals surface area contributed by atoms with Crippen molar-refractivity contribution in [2.24, 2.45) is 0 Å². The minimum absolute atomic E-state index is 0.0988. The third-order valence-corrected chi connectivity index (χ3v) is 5.09. The average molecular weight is 414 g/mol. The number of nitrogens with zero attached hydrogens (tertiary/aromatic N) is 4. The molecule has 0 aliphatic rings. The normalized spacial score (nSPS) is 10.5. The number of nitrogens with one attached hydrogen (secondary N) is 1. The van der Waals surface area contributed by atoms with Crippen molar-refractivity contribution in [1.29, 1.82) is 0 Å². The number of anilines is 1. The van der Waals surface area contributed by atoms with Crippen LogP contribution < -0.4 is 5.32 Å². The number of aromatic nitrogens is 4. The predicted molar refractivity (Wildman–Crippen MR) is 119 cm³/mol. The highest BCUT2D eigenvalue weighted by atomic mass is 32.2. The zero-order chi connectivity index (χ0) is 20.6. The van der Waals surface area contributed by atoms with E-state index >= 15 is 0 Å². The van der Waals surface area contributed by atoms with Crippen LogP contribution in [0.5, 0.6) is 0 Å². The van der Waals surface area contributed by atoms with Crippen molar-refractivity contribution in [2.75, 3.05) is 11.1 Å². The Balaban J connectivity index is 1.48. The number of amides is 1. The molecular weight excluding hydrogens is 394 g/mol. The largest absolute Gasteiger partial charge is 0.311 e. The first-order chi connectivity index (χ1) is 14.8. The lowest BCUT2D eigenvalue weighted by molar-refractivity contribution is -0.115. The van der Waals surface area contributed by atoms with Crippen LogP contribution in [0.15, 0.2) is 90.2 Å². The molecule has 4 rings (SSSR count). The second-order valence-corrected chi connectivity index (χ2v) is 7.45. The fourth-order valence-corrected chi connectivity index (χ4v) is 3.56. The lowest BCUT2D eigenvalue weighted by Crippen LogP contribution is -2.13. The van der Waals surface area contributed by atoms with E-state index in [1.165, 1.54) is 11.8 Å². The summed E-state index contributed by atoms with van der Waals surface area (Å²) in [6.07, 6.45) is 1.97. The van der Waals surface area contributed by atoms with Crippen LogP contribution in [0.2, 0.25) is 0 Å². The Morgan fingerprint density at radius 2 is 1.47 bits per heavy atom. The van der Waals surface area contributed by atoms with Crippen LogP contribution in [0, 0.1) is 0 Å². The maximum atomic E-state index is 12.1. The highest BCUT2D eigenvalue weighted by molar-refractivity contribution is 7.99. The number of rotatable bonds is 7. The monoisotopic (exact) mass is 413 g/mol. The Kier molecular flexibility index (Phi) is 6.41. The summed E-state index contributed by atoms with van der Waals surface area (Å²) in [6, 6.07) is 25.2. The first-order valence-electron chi connectivity index (χ1n) is 9.49. The Bertz CT molecular complexity index is 1110. The van der Waals surface area contributed by atoms with Crippen molar-refractivity contribution in [1.82, 2.24) is 20.2 Å². The van der Waals surface area contributed by atoms with Gasteiger partial charge in [0.25, 0.3) is 0 Å². The van der Waals surface area contributed by atoms with Gasteiger partial charge in [-0.3, -0.25) is 4.79 Å². The fraction of sp³-hybridized carbons (Fsp3) is 0.0870. The van der Waals surface area contributed by atoms with Crippen LogP contribution in [-0.2, 0) is 4.79 Å². The molecule has 0 saturated heterocycles. The molecule has 0 spiro atoms. The van der Waals surface area contributed by atoms with Gasteiger partial charge in [-0.25, -0.2) is 9.97 Å². The molecule has 7 heteroatoms. The summed E-state index contributed by atoms with van der Waals surface area (Å²) in [5.74, 6) is 0.988. The SMILES string of the molecule is O=C(CCSc1nnc(-c2ccccc2)c(-c2ccccc2)n1)Nc1ccccn1.